The monoisotopic (exact) mass is 515 g/mol. The molecule has 2 atom stereocenters. The van der Waals surface area contributed by atoms with Crippen LogP contribution in [-0.4, -0.2) is 40.3 Å². The minimum atomic E-state index is -3.48. The van der Waals surface area contributed by atoms with E-state index in [-0.39, 0.29) is 10.6 Å². The Morgan fingerprint density at radius 2 is 1.89 bits per heavy atom. The van der Waals surface area contributed by atoms with Gasteiger partial charge in [-0.15, -0.1) is 10.8 Å². The molecule has 188 valence electrons. The maximum absolute atomic E-state index is 13.3. The van der Waals surface area contributed by atoms with Crippen molar-refractivity contribution in [3.05, 3.63) is 66.0 Å². The number of aromatic nitrogens is 4. The van der Waals surface area contributed by atoms with Crippen LogP contribution in [0.1, 0.15) is 49.6 Å². The second-order valence-electron chi connectivity index (χ2n) is 9.42. The maximum atomic E-state index is 13.3. The second-order valence-corrected chi connectivity index (χ2v) is 11.2. The van der Waals surface area contributed by atoms with E-state index in [1.165, 1.54) is 18.2 Å². The quantitative estimate of drug-likeness (QED) is 0.300. The van der Waals surface area contributed by atoms with Crippen LogP contribution in [0.4, 0.5) is 8.78 Å². The fourth-order valence-corrected chi connectivity index (χ4v) is 6.54. The number of hydrogen-bond acceptors (Lipinski definition) is 8. The summed E-state index contributed by atoms with van der Waals surface area (Å²) >= 11 is 0. The van der Waals surface area contributed by atoms with E-state index < -0.39 is 35.1 Å². The molecular formula is C24H23F2N5O4S. The van der Waals surface area contributed by atoms with E-state index >= 15 is 0 Å². The van der Waals surface area contributed by atoms with Crippen LogP contribution in [-0.2, 0) is 5.60 Å². The van der Waals surface area contributed by atoms with Gasteiger partial charge in [-0.25, -0.2) is 19.7 Å². The lowest BCUT2D eigenvalue weighted by molar-refractivity contribution is -0.0508. The third-order valence-corrected chi connectivity index (χ3v) is 8.10. The van der Waals surface area contributed by atoms with Gasteiger partial charge in [-0.2, -0.15) is 8.78 Å². The molecule has 2 aliphatic rings. The molecule has 0 radical (unpaired) electrons. The Morgan fingerprint density at radius 3 is 2.58 bits per heavy atom. The molecule has 2 aromatic carbocycles. The molecule has 2 bridgehead atoms. The number of nitrogens with zero attached hydrogens (tertiary/aromatic N) is 4. The van der Waals surface area contributed by atoms with Crippen LogP contribution in [0.5, 0.6) is 5.75 Å². The number of alkyl halides is 2. The molecule has 4 heterocycles. The fourth-order valence-electron chi connectivity index (χ4n) is 5.00. The van der Waals surface area contributed by atoms with Crippen LogP contribution in [0.15, 0.2) is 53.7 Å². The summed E-state index contributed by atoms with van der Waals surface area (Å²) in [5, 5.41) is 10.1. The summed E-state index contributed by atoms with van der Waals surface area (Å²) in [7, 11) is -3.48. The highest BCUT2D eigenvalue weighted by molar-refractivity contribution is 8.22. The van der Waals surface area contributed by atoms with Crippen molar-refractivity contribution in [3.8, 4) is 16.9 Å². The predicted molar refractivity (Wildman–Crippen MR) is 129 cm³/mol. The van der Waals surface area contributed by atoms with Crippen LogP contribution >= 0.6 is 10.8 Å². The summed E-state index contributed by atoms with van der Waals surface area (Å²) in [4.78, 5) is 13.4. The number of nitrogens with one attached hydrogen (secondary N) is 1. The zero-order valence-electron chi connectivity index (χ0n) is 19.3. The van der Waals surface area contributed by atoms with Gasteiger partial charge in [0.15, 0.2) is 5.82 Å². The van der Waals surface area contributed by atoms with Gasteiger partial charge in [0, 0.05) is 23.5 Å². The molecule has 2 aliphatic heterocycles. The first-order valence-corrected chi connectivity index (χ1v) is 12.8. The first kappa shape index (κ1) is 23.3. The molecule has 36 heavy (non-hydrogen) atoms. The Hall–Kier alpha value is -3.16. The number of benzene rings is 2. The minimum absolute atomic E-state index is 0.101. The third kappa shape index (κ3) is 3.64. The normalized spacial score (nSPS) is 21.2. The maximum Gasteiger partial charge on any atom is 0.387 e. The molecule has 9 nitrogen and oxygen atoms in total. The largest absolute Gasteiger partial charge is 0.434 e. The highest BCUT2D eigenvalue weighted by Crippen LogP contribution is 2.59. The van der Waals surface area contributed by atoms with E-state index in [1.54, 1.807) is 26.2 Å². The molecule has 4 N–H and O–H groups in total. The van der Waals surface area contributed by atoms with E-state index in [4.69, 9.17) is 9.72 Å². The average molecular weight is 516 g/mol. The van der Waals surface area contributed by atoms with Gasteiger partial charge in [0.05, 0.1) is 28.0 Å². The summed E-state index contributed by atoms with van der Waals surface area (Å²) < 4.78 is 57.9. The van der Waals surface area contributed by atoms with Crippen molar-refractivity contribution in [1.29, 1.82) is 0 Å². The second kappa shape index (κ2) is 7.92. The van der Waals surface area contributed by atoms with Gasteiger partial charge in [0.2, 0.25) is 0 Å². The molecule has 0 fully saturated rings. The zero-order chi connectivity index (χ0) is 25.4. The highest BCUT2D eigenvalue weighted by Gasteiger charge is 2.44. The summed E-state index contributed by atoms with van der Waals surface area (Å²) in [6.45, 7) is 0.151. The molecule has 0 unspecified atom stereocenters. The third-order valence-electron chi connectivity index (χ3n) is 6.52. The van der Waals surface area contributed by atoms with Crippen molar-refractivity contribution < 1.29 is 27.7 Å². The summed E-state index contributed by atoms with van der Waals surface area (Å²) in [5.74, 6) is 0.783. The number of halogens is 2. The Bertz CT molecular complexity index is 1490. The number of imidazole rings is 1. The van der Waals surface area contributed by atoms with Gasteiger partial charge in [0.1, 0.15) is 17.2 Å². The van der Waals surface area contributed by atoms with Crippen molar-refractivity contribution in [3.63, 3.8) is 0 Å². The first-order valence-electron chi connectivity index (χ1n) is 11.2. The van der Waals surface area contributed by atoms with Crippen LogP contribution in [0.2, 0.25) is 0 Å². The van der Waals surface area contributed by atoms with Crippen LogP contribution in [0.25, 0.3) is 22.2 Å². The standard InChI is InChI=1S/C24H23F2N5O4S/c1-24(2,32)22-27-10-13(11-28-22)12-6-7-14-16(8-12)31-17-9-15(21(31)29-14)30-36(33,34)19-5-3-4-18(20(17)19)35-23(25)26/h3-8,10-11,15,17,23,30,32-34H,9H2,1-2H3/t15-,17-/m1/s1. The number of aliphatic hydroxyl groups is 1. The molecule has 0 saturated carbocycles. The summed E-state index contributed by atoms with van der Waals surface area (Å²) in [6, 6.07) is 9.01. The lowest BCUT2D eigenvalue weighted by Crippen LogP contribution is -2.25. The molecule has 0 amide bonds. The zero-order valence-corrected chi connectivity index (χ0v) is 20.1. The van der Waals surface area contributed by atoms with Gasteiger partial charge in [-0.3, -0.25) is 9.11 Å². The summed E-state index contributed by atoms with van der Waals surface area (Å²) in [6.07, 6.45) is 3.65. The lowest BCUT2D eigenvalue weighted by atomic mass is 10.0. The highest BCUT2D eigenvalue weighted by atomic mass is 32.3. The lowest BCUT2D eigenvalue weighted by Gasteiger charge is -2.36. The van der Waals surface area contributed by atoms with Crippen molar-refractivity contribution in [2.75, 3.05) is 0 Å². The Morgan fingerprint density at radius 1 is 1.14 bits per heavy atom. The molecule has 4 aromatic rings. The molecule has 6 rings (SSSR count). The number of fused-ring (bicyclic) bond motifs is 9. The van der Waals surface area contributed by atoms with Crippen molar-refractivity contribution in [2.24, 2.45) is 0 Å². The Labute approximate surface area is 206 Å². The van der Waals surface area contributed by atoms with E-state index in [9.17, 15) is 23.0 Å². The topological polar surface area (TPSA) is 126 Å². The van der Waals surface area contributed by atoms with Crippen molar-refractivity contribution >= 4 is 21.8 Å². The van der Waals surface area contributed by atoms with Crippen LogP contribution in [0.3, 0.4) is 0 Å². The fraction of sp³-hybridized carbons (Fsp3) is 0.292. The van der Waals surface area contributed by atoms with Gasteiger partial charge >= 0.3 is 6.61 Å². The van der Waals surface area contributed by atoms with E-state index in [1.807, 2.05) is 22.8 Å². The first-order chi connectivity index (χ1) is 17.0. The van der Waals surface area contributed by atoms with Crippen LogP contribution in [0, 0.1) is 0 Å². The van der Waals surface area contributed by atoms with E-state index in [2.05, 4.69) is 14.7 Å². The molecule has 0 saturated heterocycles. The summed E-state index contributed by atoms with van der Waals surface area (Å²) in [5.41, 5.74) is 2.09. The predicted octanol–water partition coefficient (Wildman–Crippen LogP) is 4.98. The number of ether oxygens (including phenoxy) is 1. The van der Waals surface area contributed by atoms with Gasteiger partial charge in [-0.1, -0.05) is 12.1 Å². The molecular weight excluding hydrogens is 492 g/mol. The van der Waals surface area contributed by atoms with Crippen LogP contribution < -0.4 is 9.46 Å². The number of hydrogen-bond donors (Lipinski definition) is 4. The van der Waals surface area contributed by atoms with E-state index in [0.717, 1.165) is 16.6 Å². The molecule has 0 aliphatic carbocycles. The van der Waals surface area contributed by atoms with Gasteiger partial charge in [0.25, 0.3) is 0 Å². The average Bonchev–Trinajstić information content (AvgIpc) is 3.31. The van der Waals surface area contributed by atoms with Gasteiger partial charge < -0.3 is 14.4 Å². The van der Waals surface area contributed by atoms with Crippen molar-refractivity contribution in [2.45, 2.75) is 49.5 Å². The molecule has 0 spiro atoms. The molecule has 12 heteroatoms. The minimum Gasteiger partial charge on any atom is -0.434 e. The SMILES string of the molecule is CC(C)(O)c1ncc(-c2ccc3nc4n(c3c2)[C@@H]2C[C@H]4NS(O)(O)c3cccc(OC(F)F)c32)cn1. The van der Waals surface area contributed by atoms with Crippen molar-refractivity contribution in [1.82, 2.24) is 24.2 Å². The smallest absolute Gasteiger partial charge is 0.387 e. The van der Waals surface area contributed by atoms with Gasteiger partial charge in [-0.05, 0) is 50.1 Å². The van der Waals surface area contributed by atoms with E-state index in [0.29, 0.717) is 29.1 Å². The Kier molecular flexibility index (Phi) is 5.11. The Balaban J connectivity index is 1.51. The molecule has 2 aromatic heterocycles. The number of rotatable bonds is 4.